The predicted octanol–water partition coefficient (Wildman–Crippen LogP) is 4.46. The molecule has 25 heavy (non-hydrogen) atoms. The van der Waals surface area contributed by atoms with Crippen LogP contribution < -0.4 is 15.5 Å². The molecule has 0 amide bonds. The fraction of sp³-hybridized carbons (Fsp3) is 0.200. The smallest absolute Gasteiger partial charge is 0.229 e. The molecule has 0 aliphatic heterocycles. The Kier molecular flexibility index (Phi) is 5.14. The zero-order valence-corrected chi connectivity index (χ0v) is 14.8. The third-order valence-corrected chi connectivity index (χ3v) is 3.96. The van der Waals surface area contributed by atoms with Gasteiger partial charge in [0.05, 0.1) is 0 Å². The molecule has 1 aromatic heterocycles. The van der Waals surface area contributed by atoms with Gasteiger partial charge in [0.15, 0.2) is 0 Å². The molecule has 0 bridgehead atoms. The van der Waals surface area contributed by atoms with Crippen molar-refractivity contribution in [1.82, 2.24) is 9.97 Å². The Morgan fingerprint density at radius 1 is 0.920 bits per heavy atom. The van der Waals surface area contributed by atoms with Gasteiger partial charge in [0.25, 0.3) is 0 Å². The highest BCUT2D eigenvalue weighted by atomic mass is 15.1. The molecule has 5 heteroatoms. The molecule has 0 aliphatic rings. The van der Waals surface area contributed by atoms with Crippen molar-refractivity contribution in [2.75, 3.05) is 29.6 Å². The summed E-state index contributed by atoms with van der Waals surface area (Å²) in [4.78, 5) is 10.9. The van der Waals surface area contributed by atoms with E-state index in [0.717, 1.165) is 17.2 Å². The fourth-order valence-corrected chi connectivity index (χ4v) is 2.52. The molecule has 128 valence electrons. The van der Waals surface area contributed by atoms with Crippen LogP contribution in [0.2, 0.25) is 0 Å². The molecule has 3 rings (SSSR count). The van der Waals surface area contributed by atoms with Crippen LogP contribution in [0.25, 0.3) is 0 Å². The standard InChI is InChI=1S/C20H23N5/c1-15(16-7-5-4-6-8-16)22-19-13-14-21-20(24-19)23-17-9-11-18(12-10-17)25(2)3/h4-15H,1-3H3,(H2,21,22,23,24). The minimum atomic E-state index is 0.170. The summed E-state index contributed by atoms with van der Waals surface area (Å²) >= 11 is 0. The summed E-state index contributed by atoms with van der Waals surface area (Å²) in [6.07, 6.45) is 1.75. The van der Waals surface area contributed by atoms with Gasteiger partial charge in [-0.2, -0.15) is 4.98 Å². The molecule has 3 aromatic rings. The van der Waals surface area contributed by atoms with Crippen molar-refractivity contribution in [1.29, 1.82) is 0 Å². The summed E-state index contributed by atoms with van der Waals surface area (Å²) in [6.45, 7) is 2.12. The Labute approximate surface area is 148 Å². The Morgan fingerprint density at radius 2 is 1.64 bits per heavy atom. The second-order valence-electron chi connectivity index (χ2n) is 6.11. The van der Waals surface area contributed by atoms with Crippen molar-refractivity contribution in [3.63, 3.8) is 0 Å². The van der Waals surface area contributed by atoms with E-state index < -0.39 is 0 Å². The van der Waals surface area contributed by atoms with Gasteiger partial charge in [-0.3, -0.25) is 0 Å². The summed E-state index contributed by atoms with van der Waals surface area (Å²) in [6, 6.07) is 20.5. The highest BCUT2D eigenvalue weighted by Gasteiger charge is 2.06. The Morgan fingerprint density at radius 3 is 2.32 bits per heavy atom. The van der Waals surface area contributed by atoms with Gasteiger partial charge in [-0.05, 0) is 42.8 Å². The summed E-state index contributed by atoms with van der Waals surface area (Å²) in [5.74, 6) is 1.36. The van der Waals surface area contributed by atoms with E-state index in [1.807, 2.05) is 50.5 Å². The average Bonchev–Trinajstić information content (AvgIpc) is 2.63. The lowest BCUT2D eigenvalue weighted by atomic mass is 10.1. The minimum Gasteiger partial charge on any atom is -0.378 e. The fourth-order valence-electron chi connectivity index (χ4n) is 2.52. The Balaban J connectivity index is 1.69. The van der Waals surface area contributed by atoms with Crippen molar-refractivity contribution in [3.8, 4) is 0 Å². The van der Waals surface area contributed by atoms with Crippen LogP contribution in [-0.4, -0.2) is 24.1 Å². The van der Waals surface area contributed by atoms with E-state index in [1.165, 1.54) is 5.56 Å². The molecule has 1 heterocycles. The second-order valence-corrected chi connectivity index (χ2v) is 6.11. The van der Waals surface area contributed by atoms with E-state index in [2.05, 4.69) is 56.7 Å². The SMILES string of the molecule is CC(Nc1ccnc(Nc2ccc(N(C)C)cc2)n1)c1ccccc1. The topological polar surface area (TPSA) is 53.1 Å². The van der Waals surface area contributed by atoms with Crippen molar-refractivity contribution in [3.05, 3.63) is 72.4 Å². The van der Waals surface area contributed by atoms with Gasteiger partial charge in [0.2, 0.25) is 5.95 Å². The van der Waals surface area contributed by atoms with Crippen molar-refractivity contribution < 1.29 is 0 Å². The molecular weight excluding hydrogens is 310 g/mol. The zero-order valence-electron chi connectivity index (χ0n) is 14.8. The number of benzene rings is 2. The molecule has 0 saturated heterocycles. The van der Waals surface area contributed by atoms with E-state index in [0.29, 0.717) is 5.95 Å². The second kappa shape index (κ2) is 7.66. The van der Waals surface area contributed by atoms with Crippen molar-refractivity contribution in [2.24, 2.45) is 0 Å². The van der Waals surface area contributed by atoms with Crippen LogP contribution in [0, 0.1) is 0 Å². The van der Waals surface area contributed by atoms with Gasteiger partial charge in [-0.1, -0.05) is 30.3 Å². The first kappa shape index (κ1) is 16.8. The first-order valence-electron chi connectivity index (χ1n) is 8.31. The molecule has 0 aliphatic carbocycles. The third kappa shape index (κ3) is 4.47. The normalized spacial score (nSPS) is 11.6. The molecule has 0 radical (unpaired) electrons. The van der Waals surface area contributed by atoms with Gasteiger partial charge < -0.3 is 15.5 Å². The first-order chi connectivity index (χ1) is 12.1. The lowest BCUT2D eigenvalue weighted by molar-refractivity contribution is 0.873. The largest absolute Gasteiger partial charge is 0.378 e. The van der Waals surface area contributed by atoms with Crippen LogP contribution >= 0.6 is 0 Å². The van der Waals surface area contributed by atoms with Gasteiger partial charge in [0.1, 0.15) is 5.82 Å². The van der Waals surface area contributed by atoms with Crippen LogP contribution in [0.15, 0.2) is 66.9 Å². The molecule has 2 aromatic carbocycles. The summed E-state index contributed by atoms with van der Waals surface area (Å²) < 4.78 is 0. The maximum absolute atomic E-state index is 4.55. The molecule has 0 spiro atoms. The number of anilines is 4. The van der Waals surface area contributed by atoms with Crippen LogP contribution in [-0.2, 0) is 0 Å². The number of rotatable bonds is 6. The maximum Gasteiger partial charge on any atom is 0.229 e. The van der Waals surface area contributed by atoms with E-state index in [4.69, 9.17) is 0 Å². The van der Waals surface area contributed by atoms with Gasteiger partial charge >= 0.3 is 0 Å². The lowest BCUT2D eigenvalue weighted by Gasteiger charge is -2.16. The molecule has 1 atom stereocenters. The van der Waals surface area contributed by atoms with Crippen LogP contribution in [0.4, 0.5) is 23.1 Å². The number of hydrogen-bond donors (Lipinski definition) is 2. The summed E-state index contributed by atoms with van der Waals surface area (Å²) in [7, 11) is 4.04. The molecule has 1 unspecified atom stereocenters. The monoisotopic (exact) mass is 333 g/mol. The maximum atomic E-state index is 4.55. The summed E-state index contributed by atoms with van der Waals surface area (Å²) in [5.41, 5.74) is 3.33. The molecule has 2 N–H and O–H groups in total. The van der Waals surface area contributed by atoms with E-state index >= 15 is 0 Å². The Bertz CT molecular complexity index is 800. The minimum absolute atomic E-state index is 0.170. The van der Waals surface area contributed by atoms with Gasteiger partial charge in [0, 0.05) is 37.7 Å². The molecular formula is C20H23N5. The molecule has 0 saturated carbocycles. The van der Waals surface area contributed by atoms with E-state index in [-0.39, 0.29) is 6.04 Å². The number of nitrogens with zero attached hydrogens (tertiary/aromatic N) is 3. The summed E-state index contributed by atoms with van der Waals surface area (Å²) in [5, 5.41) is 6.65. The van der Waals surface area contributed by atoms with E-state index in [1.54, 1.807) is 6.20 Å². The van der Waals surface area contributed by atoms with Crippen LogP contribution in [0.3, 0.4) is 0 Å². The zero-order chi connectivity index (χ0) is 17.6. The van der Waals surface area contributed by atoms with E-state index in [9.17, 15) is 0 Å². The lowest BCUT2D eigenvalue weighted by Crippen LogP contribution is -2.09. The van der Waals surface area contributed by atoms with Crippen LogP contribution in [0.1, 0.15) is 18.5 Å². The quantitative estimate of drug-likeness (QED) is 0.697. The Hall–Kier alpha value is -3.08. The molecule has 0 fully saturated rings. The van der Waals surface area contributed by atoms with Crippen LogP contribution in [0.5, 0.6) is 0 Å². The highest BCUT2D eigenvalue weighted by molar-refractivity contribution is 5.59. The third-order valence-electron chi connectivity index (χ3n) is 3.96. The molecule has 5 nitrogen and oxygen atoms in total. The van der Waals surface area contributed by atoms with Crippen molar-refractivity contribution >= 4 is 23.1 Å². The first-order valence-corrected chi connectivity index (χ1v) is 8.31. The van der Waals surface area contributed by atoms with Crippen molar-refractivity contribution in [2.45, 2.75) is 13.0 Å². The highest BCUT2D eigenvalue weighted by Crippen LogP contribution is 2.21. The predicted molar refractivity (Wildman–Crippen MR) is 105 cm³/mol. The van der Waals surface area contributed by atoms with Gasteiger partial charge in [-0.15, -0.1) is 0 Å². The number of hydrogen-bond acceptors (Lipinski definition) is 5. The number of nitrogens with one attached hydrogen (secondary N) is 2. The average molecular weight is 333 g/mol. The van der Waals surface area contributed by atoms with Gasteiger partial charge in [-0.25, -0.2) is 4.98 Å². The number of aromatic nitrogens is 2.